The highest BCUT2D eigenvalue weighted by Crippen LogP contribution is 2.47. The number of likely N-dealkylation sites (N-methyl/N-ethyl adjacent to an activating group) is 1. The monoisotopic (exact) mass is 538 g/mol. The molecular weight excluding hydrogens is 504 g/mol. The summed E-state index contributed by atoms with van der Waals surface area (Å²) in [5, 5.41) is 0. The average molecular weight is 539 g/mol. The van der Waals surface area contributed by atoms with Gasteiger partial charge in [-0.15, -0.1) is 0 Å². The zero-order valence-corrected chi connectivity index (χ0v) is 23.6. The zero-order chi connectivity index (χ0) is 27.5. The molecule has 0 radical (unpaired) electrons. The van der Waals surface area contributed by atoms with E-state index in [4.69, 9.17) is 9.97 Å². The first kappa shape index (κ1) is 24.4. The second kappa shape index (κ2) is 9.60. The molecule has 2 atom stereocenters. The van der Waals surface area contributed by atoms with E-state index in [9.17, 15) is 0 Å². The summed E-state index contributed by atoms with van der Waals surface area (Å²) >= 11 is 0. The topological polar surface area (TPSA) is 63.8 Å². The normalized spacial score (nSPS) is 19.3. The van der Waals surface area contributed by atoms with E-state index in [1.165, 1.54) is 28.8 Å². The first-order valence-corrected chi connectivity index (χ1v) is 14.7. The van der Waals surface area contributed by atoms with Gasteiger partial charge in [0.15, 0.2) is 0 Å². The van der Waals surface area contributed by atoms with Crippen LogP contribution >= 0.6 is 0 Å². The molecule has 2 aromatic heterocycles. The van der Waals surface area contributed by atoms with Crippen molar-refractivity contribution in [2.75, 3.05) is 38.1 Å². The van der Waals surface area contributed by atoms with Crippen molar-refractivity contribution in [2.45, 2.75) is 19.3 Å². The number of fused-ring (bicyclic) bond motifs is 2. The smallest absolute Gasteiger partial charge is 0.138 e. The summed E-state index contributed by atoms with van der Waals surface area (Å²) in [6.45, 7) is 6.63. The molecule has 41 heavy (non-hydrogen) atoms. The van der Waals surface area contributed by atoms with Crippen molar-refractivity contribution < 1.29 is 0 Å². The van der Waals surface area contributed by atoms with Crippen LogP contribution in [-0.4, -0.2) is 58.1 Å². The van der Waals surface area contributed by atoms with E-state index in [2.05, 4.69) is 119 Å². The molecule has 0 bridgehead atoms. The number of nitrogens with one attached hydrogen (secondary N) is 2. The van der Waals surface area contributed by atoms with Crippen LogP contribution in [0.2, 0.25) is 0 Å². The molecule has 1 saturated carbocycles. The molecule has 2 fully saturated rings. The first-order chi connectivity index (χ1) is 20.1. The molecule has 204 valence electrons. The SMILES string of the molecule is CC1CC1c1cccc(-c2cccc(-c3nc4ccc(-c5nc6ccc(N7CCN(C)CC7)cc6[nH]5)cc4[nH]3)c2)c1. The van der Waals surface area contributed by atoms with Gasteiger partial charge in [-0.2, -0.15) is 0 Å². The Hall–Kier alpha value is -4.42. The predicted molar refractivity (Wildman–Crippen MR) is 168 cm³/mol. The van der Waals surface area contributed by atoms with Crippen LogP contribution in [0.5, 0.6) is 0 Å². The fraction of sp³-hybridized carbons (Fsp3) is 0.257. The molecule has 1 aliphatic carbocycles. The van der Waals surface area contributed by atoms with Crippen molar-refractivity contribution in [3.63, 3.8) is 0 Å². The summed E-state index contributed by atoms with van der Waals surface area (Å²) in [5.41, 5.74) is 11.3. The van der Waals surface area contributed by atoms with E-state index in [0.717, 1.165) is 76.9 Å². The summed E-state index contributed by atoms with van der Waals surface area (Å²) in [7, 11) is 2.19. The van der Waals surface area contributed by atoms with E-state index >= 15 is 0 Å². The van der Waals surface area contributed by atoms with Gasteiger partial charge in [-0.05, 0) is 84.5 Å². The molecule has 2 aliphatic rings. The van der Waals surface area contributed by atoms with Crippen molar-refractivity contribution in [3.05, 3.63) is 90.5 Å². The van der Waals surface area contributed by atoms with Crippen molar-refractivity contribution >= 4 is 27.8 Å². The van der Waals surface area contributed by atoms with Gasteiger partial charge in [-0.3, -0.25) is 0 Å². The Morgan fingerprint density at radius 3 is 2.00 bits per heavy atom. The van der Waals surface area contributed by atoms with E-state index in [1.807, 2.05) is 0 Å². The van der Waals surface area contributed by atoms with Gasteiger partial charge in [0.25, 0.3) is 0 Å². The Balaban J connectivity index is 1.08. The molecule has 6 heteroatoms. The molecule has 3 heterocycles. The van der Waals surface area contributed by atoms with Crippen LogP contribution in [0.4, 0.5) is 5.69 Å². The Morgan fingerprint density at radius 2 is 1.27 bits per heavy atom. The standard InChI is InChI=1S/C35H34N6/c1-22-17-29(22)25-7-3-5-23(18-25)24-6-4-8-26(19-24)34-36-30-11-9-27(20-32(30)38-34)35-37-31-12-10-28(21-33(31)39-35)41-15-13-40(2)14-16-41/h3-12,18-22,29H,13-17H2,1-2H3,(H,36,38)(H,37,39). The Morgan fingerprint density at radius 1 is 0.659 bits per heavy atom. The third-order valence-electron chi connectivity index (χ3n) is 8.98. The number of piperazine rings is 1. The quantitative estimate of drug-likeness (QED) is 0.241. The van der Waals surface area contributed by atoms with Crippen LogP contribution in [0, 0.1) is 5.92 Å². The maximum absolute atomic E-state index is 4.93. The molecule has 6 aromatic rings. The molecule has 0 spiro atoms. The lowest BCUT2D eigenvalue weighted by molar-refractivity contribution is 0.313. The number of nitrogens with zero attached hydrogens (tertiary/aromatic N) is 4. The van der Waals surface area contributed by atoms with E-state index in [0.29, 0.717) is 5.92 Å². The second-order valence-corrected chi connectivity index (χ2v) is 11.9. The van der Waals surface area contributed by atoms with Gasteiger partial charge in [0.05, 0.1) is 22.1 Å². The summed E-state index contributed by atoms with van der Waals surface area (Å²) in [6, 6.07) is 30.6. The molecule has 4 aromatic carbocycles. The van der Waals surface area contributed by atoms with Gasteiger partial charge in [-0.1, -0.05) is 49.4 Å². The summed E-state index contributed by atoms with van der Waals surface area (Å²) in [6.07, 6.45) is 1.30. The van der Waals surface area contributed by atoms with Crippen molar-refractivity contribution in [2.24, 2.45) is 5.92 Å². The number of rotatable bonds is 5. The van der Waals surface area contributed by atoms with Crippen molar-refractivity contribution in [1.82, 2.24) is 24.8 Å². The van der Waals surface area contributed by atoms with Crippen LogP contribution in [0.15, 0.2) is 84.9 Å². The third-order valence-corrected chi connectivity index (χ3v) is 8.98. The number of hydrogen-bond donors (Lipinski definition) is 2. The second-order valence-electron chi connectivity index (χ2n) is 11.9. The Kier molecular flexibility index (Phi) is 5.71. The maximum Gasteiger partial charge on any atom is 0.138 e. The maximum atomic E-state index is 4.93. The number of H-pyrrole nitrogens is 2. The van der Waals surface area contributed by atoms with Crippen LogP contribution in [0.25, 0.3) is 56.0 Å². The number of anilines is 1. The number of hydrogen-bond acceptors (Lipinski definition) is 4. The molecule has 1 saturated heterocycles. The molecule has 1 aliphatic heterocycles. The predicted octanol–water partition coefficient (Wildman–Crippen LogP) is 7.32. The summed E-state index contributed by atoms with van der Waals surface area (Å²) in [4.78, 5) is 21.8. The molecule has 6 nitrogen and oxygen atoms in total. The van der Waals surface area contributed by atoms with Gasteiger partial charge in [0, 0.05) is 43.0 Å². The highest BCUT2D eigenvalue weighted by atomic mass is 15.2. The van der Waals surface area contributed by atoms with Crippen molar-refractivity contribution in [3.8, 4) is 33.9 Å². The fourth-order valence-electron chi connectivity index (χ4n) is 6.27. The molecule has 8 rings (SSSR count). The van der Waals surface area contributed by atoms with Gasteiger partial charge in [0.1, 0.15) is 11.6 Å². The molecular formula is C35H34N6. The van der Waals surface area contributed by atoms with Gasteiger partial charge in [-0.25, -0.2) is 9.97 Å². The van der Waals surface area contributed by atoms with Crippen LogP contribution in [0.3, 0.4) is 0 Å². The summed E-state index contributed by atoms with van der Waals surface area (Å²) in [5.74, 6) is 3.28. The minimum absolute atomic E-state index is 0.716. The lowest BCUT2D eigenvalue weighted by Crippen LogP contribution is -2.44. The highest BCUT2D eigenvalue weighted by Gasteiger charge is 2.33. The summed E-state index contributed by atoms with van der Waals surface area (Å²) < 4.78 is 0. The number of imidazole rings is 2. The third kappa shape index (κ3) is 4.58. The number of aromatic nitrogens is 4. The van der Waals surface area contributed by atoms with Crippen LogP contribution in [-0.2, 0) is 0 Å². The van der Waals surface area contributed by atoms with Crippen LogP contribution < -0.4 is 4.90 Å². The van der Waals surface area contributed by atoms with E-state index in [-0.39, 0.29) is 0 Å². The van der Waals surface area contributed by atoms with E-state index < -0.39 is 0 Å². The zero-order valence-electron chi connectivity index (χ0n) is 23.6. The lowest BCUT2D eigenvalue weighted by atomic mass is 9.99. The lowest BCUT2D eigenvalue weighted by Gasteiger charge is -2.34. The van der Waals surface area contributed by atoms with Crippen LogP contribution in [0.1, 0.15) is 24.8 Å². The number of aromatic amines is 2. The van der Waals surface area contributed by atoms with Crippen molar-refractivity contribution in [1.29, 1.82) is 0 Å². The van der Waals surface area contributed by atoms with E-state index in [1.54, 1.807) is 0 Å². The Bertz CT molecular complexity index is 1890. The molecule has 2 N–H and O–H groups in total. The fourth-order valence-corrected chi connectivity index (χ4v) is 6.27. The minimum Gasteiger partial charge on any atom is -0.369 e. The molecule has 0 amide bonds. The van der Waals surface area contributed by atoms with Gasteiger partial charge >= 0.3 is 0 Å². The molecule has 2 unspecified atom stereocenters. The minimum atomic E-state index is 0.716. The number of benzene rings is 4. The van der Waals surface area contributed by atoms with Gasteiger partial charge in [0.2, 0.25) is 0 Å². The Labute approximate surface area is 240 Å². The van der Waals surface area contributed by atoms with Gasteiger partial charge < -0.3 is 19.8 Å². The largest absolute Gasteiger partial charge is 0.369 e. The average Bonchev–Trinajstić information content (AvgIpc) is 3.39. The first-order valence-electron chi connectivity index (χ1n) is 14.7. The highest BCUT2D eigenvalue weighted by molar-refractivity contribution is 5.87.